The van der Waals surface area contributed by atoms with E-state index in [1.807, 2.05) is 0 Å². The van der Waals surface area contributed by atoms with Crippen LogP contribution in [0, 0.1) is 0 Å². The average Bonchev–Trinajstić information content (AvgIpc) is 3.39. The van der Waals surface area contributed by atoms with Gasteiger partial charge < -0.3 is 14.2 Å². The minimum Gasteiger partial charge on any atom is -0.462 e. The van der Waals surface area contributed by atoms with Crippen LogP contribution < -0.4 is 0 Å². The Hall–Kier alpha value is -3.41. The zero-order chi connectivity index (χ0) is 52.9. The molecule has 0 aromatic carbocycles. The summed E-state index contributed by atoms with van der Waals surface area (Å²) in [4.78, 5) is 38.2. The highest BCUT2D eigenvalue weighted by atomic mass is 16.6. The van der Waals surface area contributed by atoms with Gasteiger partial charge in [-0.25, -0.2) is 0 Å². The van der Waals surface area contributed by atoms with Gasteiger partial charge in [-0.2, -0.15) is 0 Å². The van der Waals surface area contributed by atoms with E-state index in [4.69, 9.17) is 14.2 Å². The topological polar surface area (TPSA) is 78.9 Å². The molecule has 6 heteroatoms. The molecule has 0 heterocycles. The van der Waals surface area contributed by atoms with E-state index >= 15 is 0 Å². The molecule has 6 nitrogen and oxygen atoms in total. The zero-order valence-electron chi connectivity index (χ0n) is 48.1. The molecule has 0 aromatic rings. The lowest BCUT2D eigenvalue weighted by Crippen LogP contribution is -2.30. The quantitative estimate of drug-likeness (QED) is 0.0261. The number of allylic oxidation sites excluding steroid dienone is 14. The molecule has 1 atom stereocenters. The van der Waals surface area contributed by atoms with E-state index in [0.29, 0.717) is 19.3 Å². The number of hydrogen-bond donors (Lipinski definition) is 0. The molecule has 0 N–H and O–H groups in total. The summed E-state index contributed by atoms with van der Waals surface area (Å²) in [6.45, 7) is 6.49. The Morgan fingerprint density at radius 2 is 0.534 bits per heavy atom. The van der Waals surface area contributed by atoms with Crippen molar-refractivity contribution >= 4 is 17.9 Å². The summed E-state index contributed by atoms with van der Waals surface area (Å²) in [5.74, 6) is -0.897. The first-order valence-electron chi connectivity index (χ1n) is 31.1. The summed E-state index contributed by atoms with van der Waals surface area (Å²) in [6, 6.07) is 0. The molecule has 0 rings (SSSR count). The molecule has 1 unspecified atom stereocenters. The number of carbonyl (C=O) groups excluding carboxylic acids is 3. The molecule has 420 valence electrons. The van der Waals surface area contributed by atoms with Crippen molar-refractivity contribution in [3.8, 4) is 0 Å². The Bertz CT molecular complexity index is 1400. The molecule has 0 radical (unpaired) electrons. The van der Waals surface area contributed by atoms with Gasteiger partial charge in [-0.15, -0.1) is 0 Å². The Kier molecular flexibility index (Phi) is 58.3. The van der Waals surface area contributed by atoms with Gasteiger partial charge in [-0.05, 0) is 116 Å². The summed E-state index contributed by atoms with van der Waals surface area (Å²) in [5.41, 5.74) is 0. The standard InChI is InChI=1S/C67H116O6/c1-4-7-10-13-16-19-22-25-27-28-29-30-31-32-33-34-35-36-37-38-40-42-45-48-51-54-57-60-66(69)72-63-64(62-71-65(68)59-56-53-50-47-44-41-24-21-18-15-12-9-6-3)73-67(70)61-58-55-52-49-46-43-39-26-23-20-17-14-11-8-5-2/h7,10,16-17,19-21,24-27,29-30,39,64H,4-6,8-9,11-15,18,22-23,28,31-38,40-63H2,1-3H3/b10-7-,19-16-,20-17-,24-21-,27-25-,30-29-,39-26-. The molecule has 0 saturated heterocycles. The highest BCUT2D eigenvalue weighted by molar-refractivity contribution is 5.71. The Morgan fingerprint density at radius 3 is 0.877 bits per heavy atom. The normalized spacial score (nSPS) is 12.6. The average molecular weight is 1020 g/mol. The fourth-order valence-corrected chi connectivity index (χ4v) is 8.69. The van der Waals surface area contributed by atoms with Crippen LogP contribution in [-0.4, -0.2) is 37.2 Å². The van der Waals surface area contributed by atoms with Crippen LogP contribution in [0.25, 0.3) is 0 Å². The number of carbonyl (C=O) groups is 3. The summed E-state index contributed by atoms with van der Waals surface area (Å²) in [6.07, 6.45) is 80.1. The van der Waals surface area contributed by atoms with E-state index in [1.165, 1.54) is 148 Å². The Labute approximate surface area is 452 Å². The first-order chi connectivity index (χ1) is 36.0. The van der Waals surface area contributed by atoms with Gasteiger partial charge in [0, 0.05) is 19.3 Å². The van der Waals surface area contributed by atoms with E-state index in [2.05, 4.69) is 106 Å². The third-order valence-electron chi connectivity index (χ3n) is 13.4. The van der Waals surface area contributed by atoms with Crippen molar-refractivity contribution in [2.45, 2.75) is 309 Å². The van der Waals surface area contributed by atoms with E-state index in [-0.39, 0.29) is 31.1 Å². The van der Waals surface area contributed by atoms with Crippen LogP contribution in [0.1, 0.15) is 303 Å². The molecule has 0 fully saturated rings. The third kappa shape index (κ3) is 59.3. The van der Waals surface area contributed by atoms with Gasteiger partial charge in [0.15, 0.2) is 6.10 Å². The second-order valence-electron chi connectivity index (χ2n) is 20.6. The molecule has 0 spiro atoms. The predicted octanol–water partition coefficient (Wildman–Crippen LogP) is 21.1. The van der Waals surface area contributed by atoms with Crippen molar-refractivity contribution in [3.05, 3.63) is 85.1 Å². The number of esters is 3. The van der Waals surface area contributed by atoms with Crippen LogP contribution in [0.5, 0.6) is 0 Å². The van der Waals surface area contributed by atoms with Crippen LogP contribution in [0.3, 0.4) is 0 Å². The van der Waals surface area contributed by atoms with Crippen molar-refractivity contribution < 1.29 is 28.6 Å². The maximum atomic E-state index is 12.9. The van der Waals surface area contributed by atoms with Crippen molar-refractivity contribution in [3.63, 3.8) is 0 Å². The zero-order valence-corrected chi connectivity index (χ0v) is 48.1. The molecular formula is C67H116O6. The third-order valence-corrected chi connectivity index (χ3v) is 13.4. The van der Waals surface area contributed by atoms with E-state index in [9.17, 15) is 14.4 Å². The fraction of sp³-hybridized carbons (Fsp3) is 0.746. The Balaban J connectivity index is 4.26. The molecule has 0 bridgehead atoms. The first-order valence-corrected chi connectivity index (χ1v) is 31.1. The Morgan fingerprint density at radius 1 is 0.288 bits per heavy atom. The molecular weight excluding hydrogens is 901 g/mol. The summed E-state index contributed by atoms with van der Waals surface area (Å²) >= 11 is 0. The summed E-state index contributed by atoms with van der Waals surface area (Å²) in [5, 5.41) is 0. The SMILES string of the molecule is CC/C=C\C/C=C\C/C=C\C/C=C\CCCCCCCCCCCCCCCCC(=O)OCC(COC(=O)CCCCCCC/C=C\CCCCCC)OC(=O)CCCCCCC/C=C\C/C=C\CCCCC. The minimum atomic E-state index is -0.787. The van der Waals surface area contributed by atoms with Gasteiger partial charge in [0.2, 0.25) is 0 Å². The molecule has 0 saturated carbocycles. The predicted molar refractivity (Wildman–Crippen MR) is 316 cm³/mol. The number of unbranched alkanes of at least 4 members (excludes halogenated alkanes) is 31. The van der Waals surface area contributed by atoms with Crippen LogP contribution >= 0.6 is 0 Å². The summed E-state index contributed by atoms with van der Waals surface area (Å²) in [7, 11) is 0. The first kappa shape index (κ1) is 69.6. The van der Waals surface area contributed by atoms with Crippen LogP contribution in [-0.2, 0) is 28.6 Å². The molecule has 0 aromatic heterocycles. The van der Waals surface area contributed by atoms with Crippen molar-refractivity contribution in [1.82, 2.24) is 0 Å². The van der Waals surface area contributed by atoms with Gasteiger partial charge in [-0.3, -0.25) is 14.4 Å². The highest BCUT2D eigenvalue weighted by Crippen LogP contribution is 2.16. The van der Waals surface area contributed by atoms with Crippen molar-refractivity contribution in [2.24, 2.45) is 0 Å². The number of rotatable bonds is 56. The lowest BCUT2D eigenvalue weighted by molar-refractivity contribution is -0.167. The lowest BCUT2D eigenvalue weighted by atomic mass is 10.0. The van der Waals surface area contributed by atoms with Crippen LogP contribution in [0.2, 0.25) is 0 Å². The monoisotopic (exact) mass is 1020 g/mol. The minimum absolute atomic E-state index is 0.0834. The number of ether oxygens (including phenoxy) is 3. The lowest BCUT2D eigenvalue weighted by Gasteiger charge is -2.18. The molecule has 73 heavy (non-hydrogen) atoms. The smallest absolute Gasteiger partial charge is 0.306 e. The fourth-order valence-electron chi connectivity index (χ4n) is 8.69. The van der Waals surface area contributed by atoms with Crippen LogP contribution in [0.4, 0.5) is 0 Å². The van der Waals surface area contributed by atoms with Gasteiger partial charge in [0.25, 0.3) is 0 Å². The van der Waals surface area contributed by atoms with Crippen LogP contribution in [0.15, 0.2) is 85.1 Å². The van der Waals surface area contributed by atoms with E-state index in [1.54, 1.807) is 0 Å². The van der Waals surface area contributed by atoms with Gasteiger partial charge in [0.05, 0.1) is 0 Å². The van der Waals surface area contributed by atoms with Gasteiger partial charge in [0.1, 0.15) is 13.2 Å². The molecule has 0 aliphatic heterocycles. The van der Waals surface area contributed by atoms with Gasteiger partial charge in [-0.1, -0.05) is 254 Å². The largest absolute Gasteiger partial charge is 0.462 e. The van der Waals surface area contributed by atoms with E-state index in [0.717, 1.165) is 116 Å². The maximum Gasteiger partial charge on any atom is 0.306 e. The van der Waals surface area contributed by atoms with Gasteiger partial charge >= 0.3 is 17.9 Å². The second kappa shape index (κ2) is 61.1. The highest BCUT2D eigenvalue weighted by Gasteiger charge is 2.19. The molecule has 0 aliphatic carbocycles. The molecule has 0 amide bonds. The number of hydrogen-bond acceptors (Lipinski definition) is 6. The molecule has 0 aliphatic rings. The summed E-state index contributed by atoms with van der Waals surface area (Å²) < 4.78 is 16.9. The van der Waals surface area contributed by atoms with Crippen molar-refractivity contribution in [1.29, 1.82) is 0 Å². The van der Waals surface area contributed by atoms with Crippen molar-refractivity contribution in [2.75, 3.05) is 13.2 Å². The van der Waals surface area contributed by atoms with E-state index < -0.39 is 6.10 Å². The second-order valence-corrected chi connectivity index (χ2v) is 20.6. The maximum absolute atomic E-state index is 12.9.